The fourth-order valence-electron chi connectivity index (χ4n) is 1.17. The first-order chi connectivity index (χ1) is 7.33. The van der Waals surface area contributed by atoms with Gasteiger partial charge >= 0.3 is 0 Å². The number of hydrogen-bond acceptors (Lipinski definition) is 1. The summed E-state index contributed by atoms with van der Waals surface area (Å²) in [6, 6.07) is 0. The van der Waals surface area contributed by atoms with Crippen molar-refractivity contribution in [2.75, 3.05) is 0 Å². The first kappa shape index (κ1) is 11.5. The first-order valence-corrected chi connectivity index (χ1v) is 5.20. The van der Waals surface area contributed by atoms with Gasteiger partial charge in [-0.2, -0.15) is 0 Å². The SMILES string of the molecule is CCCCn1cc[n+](C)c1.c1c[n-]cn1. The third-order valence-corrected chi connectivity index (χ3v) is 1.97. The Hall–Kier alpha value is -1.58. The molecule has 0 atom stereocenters. The Labute approximate surface area is 90.6 Å². The largest absolute Gasteiger partial charge is 0.450 e. The normalized spacial score (nSPS) is 9.47. The minimum atomic E-state index is 1.15. The molecule has 2 heterocycles. The molecular formula is C11H18N4. The zero-order valence-corrected chi connectivity index (χ0v) is 9.37. The summed E-state index contributed by atoms with van der Waals surface area (Å²) in [7, 11) is 2.04. The molecule has 0 saturated carbocycles. The lowest BCUT2D eigenvalue weighted by Crippen LogP contribution is -2.23. The molecule has 0 radical (unpaired) electrons. The second kappa shape index (κ2) is 6.81. The Kier molecular flexibility index (Phi) is 5.22. The lowest BCUT2D eigenvalue weighted by molar-refractivity contribution is -0.671. The van der Waals surface area contributed by atoms with E-state index in [0.29, 0.717) is 0 Å². The quantitative estimate of drug-likeness (QED) is 0.706. The molecule has 0 bridgehead atoms. The van der Waals surface area contributed by atoms with Crippen molar-refractivity contribution in [1.82, 2.24) is 14.5 Å². The summed E-state index contributed by atoms with van der Waals surface area (Å²) in [5, 5.41) is 0. The van der Waals surface area contributed by atoms with Crippen LogP contribution in [0.1, 0.15) is 19.8 Å². The second-order valence-corrected chi connectivity index (χ2v) is 3.38. The standard InChI is InChI=1S/C8H15N2.C3H3N2/c1-3-4-5-10-7-6-9(2)8-10;1-2-5-3-4-1/h6-8H,3-5H2,1-2H3;1-3H/q+1;-1. The zero-order chi connectivity index (χ0) is 10.9. The van der Waals surface area contributed by atoms with Gasteiger partial charge in [0.05, 0.1) is 13.6 Å². The molecule has 0 fully saturated rings. The maximum Gasteiger partial charge on any atom is 0.243 e. The maximum absolute atomic E-state index is 3.61. The van der Waals surface area contributed by atoms with Gasteiger partial charge in [0.2, 0.25) is 6.33 Å². The van der Waals surface area contributed by atoms with Crippen molar-refractivity contribution in [2.45, 2.75) is 26.3 Å². The van der Waals surface area contributed by atoms with E-state index in [-0.39, 0.29) is 0 Å². The van der Waals surface area contributed by atoms with Crippen LogP contribution in [0, 0.1) is 0 Å². The number of aromatic nitrogens is 4. The molecule has 4 heteroatoms. The van der Waals surface area contributed by atoms with E-state index in [0.717, 1.165) is 6.54 Å². The van der Waals surface area contributed by atoms with Gasteiger partial charge in [0, 0.05) is 0 Å². The molecule has 0 aromatic carbocycles. The van der Waals surface area contributed by atoms with Gasteiger partial charge in [-0.3, -0.25) is 0 Å². The molecule has 0 aliphatic heterocycles. The molecule has 0 amide bonds. The molecule has 2 aromatic rings. The van der Waals surface area contributed by atoms with Gasteiger partial charge in [0.25, 0.3) is 0 Å². The molecule has 2 rings (SSSR count). The van der Waals surface area contributed by atoms with E-state index in [1.54, 1.807) is 12.4 Å². The Balaban J connectivity index is 0.000000187. The van der Waals surface area contributed by atoms with Gasteiger partial charge in [-0.25, -0.2) is 9.13 Å². The number of rotatable bonds is 3. The molecule has 15 heavy (non-hydrogen) atoms. The first-order valence-electron chi connectivity index (χ1n) is 5.20. The van der Waals surface area contributed by atoms with Gasteiger partial charge in [-0.05, 0) is 6.42 Å². The predicted molar refractivity (Wildman–Crippen MR) is 58.1 cm³/mol. The third-order valence-electron chi connectivity index (χ3n) is 1.97. The number of nitrogens with zero attached hydrogens (tertiary/aromatic N) is 4. The highest BCUT2D eigenvalue weighted by Gasteiger charge is 1.96. The summed E-state index contributed by atoms with van der Waals surface area (Å²) < 4.78 is 4.28. The molecular weight excluding hydrogens is 188 g/mol. The highest BCUT2D eigenvalue weighted by molar-refractivity contribution is 4.65. The highest BCUT2D eigenvalue weighted by atomic mass is 15.1. The molecule has 0 aliphatic carbocycles. The highest BCUT2D eigenvalue weighted by Crippen LogP contribution is 1.91. The summed E-state index contributed by atoms with van der Waals surface area (Å²) in [5.41, 5.74) is 0. The van der Waals surface area contributed by atoms with Crippen LogP contribution in [-0.4, -0.2) is 9.55 Å². The Bertz CT molecular complexity index is 320. The monoisotopic (exact) mass is 206 g/mol. The smallest absolute Gasteiger partial charge is 0.243 e. The fourth-order valence-corrected chi connectivity index (χ4v) is 1.17. The van der Waals surface area contributed by atoms with Crippen molar-refractivity contribution >= 4 is 0 Å². The van der Waals surface area contributed by atoms with E-state index in [1.165, 1.54) is 19.2 Å². The average molecular weight is 206 g/mol. The van der Waals surface area contributed by atoms with Gasteiger partial charge in [-0.15, -0.1) is 0 Å². The van der Waals surface area contributed by atoms with E-state index in [4.69, 9.17) is 0 Å². The van der Waals surface area contributed by atoms with Crippen LogP contribution in [0.3, 0.4) is 0 Å². The van der Waals surface area contributed by atoms with Crippen molar-refractivity contribution < 1.29 is 4.57 Å². The maximum atomic E-state index is 3.61. The van der Waals surface area contributed by atoms with Gasteiger partial charge in [0.15, 0.2) is 0 Å². The summed E-state index contributed by atoms with van der Waals surface area (Å²) in [6.07, 6.45) is 13.6. The zero-order valence-electron chi connectivity index (χ0n) is 9.37. The summed E-state index contributed by atoms with van der Waals surface area (Å²) in [4.78, 5) is 7.22. The summed E-state index contributed by atoms with van der Waals surface area (Å²) in [5.74, 6) is 0. The van der Waals surface area contributed by atoms with E-state index in [2.05, 4.69) is 44.7 Å². The van der Waals surface area contributed by atoms with Gasteiger partial charge in [0.1, 0.15) is 12.4 Å². The molecule has 0 saturated heterocycles. The second-order valence-electron chi connectivity index (χ2n) is 3.38. The van der Waals surface area contributed by atoms with Crippen molar-refractivity contribution in [3.63, 3.8) is 0 Å². The topological polar surface area (TPSA) is 35.8 Å². The summed E-state index contributed by atoms with van der Waals surface area (Å²) in [6.45, 7) is 3.36. The van der Waals surface area contributed by atoms with Crippen molar-refractivity contribution in [1.29, 1.82) is 0 Å². The molecule has 2 aromatic heterocycles. The van der Waals surface area contributed by atoms with Crippen LogP contribution in [0.15, 0.2) is 37.4 Å². The molecule has 0 N–H and O–H groups in total. The predicted octanol–water partition coefficient (Wildman–Crippen LogP) is 1.15. The summed E-state index contributed by atoms with van der Waals surface area (Å²) >= 11 is 0. The van der Waals surface area contributed by atoms with E-state index < -0.39 is 0 Å². The van der Waals surface area contributed by atoms with Crippen LogP contribution >= 0.6 is 0 Å². The fraction of sp³-hybridized carbons (Fsp3) is 0.455. The van der Waals surface area contributed by atoms with E-state index in [1.807, 2.05) is 7.05 Å². The van der Waals surface area contributed by atoms with Crippen LogP contribution in [-0.2, 0) is 13.6 Å². The third kappa shape index (κ3) is 5.00. The molecule has 82 valence electrons. The van der Waals surface area contributed by atoms with Crippen molar-refractivity contribution in [2.24, 2.45) is 7.05 Å². The molecule has 0 aliphatic rings. The minimum Gasteiger partial charge on any atom is -0.450 e. The lowest BCUT2D eigenvalue weighted by atomic mass is 10.3. The molecule has 0 spiro atoms. The minimum absolute atomic E-state index is 1.15. The van der Waals surface area contributed by atoms with E-state index >= 15 is 0 Å². The van der Waals surface area contributed by atoms with E-state index in [9.17, 15) is 0 Å². The molecule has 0 unspecified atom stereocenters. The van der Waals surface area contributed by atoms with Crippen LogP contribution < -0.4 is 9.55 Å². The number of unbranched alkanes of at least 4 members (excludes halogenated alkanes) is 1. The van der Waals surface area contributed by atoms with Crippen LogP contribution in [0.4, 0.5) is 0 Å². The number of hydrogen-bond donors (Lipinski definition) is 0. The Morgan fingerprint density at radius 1 is 1.47 bits per heavy atom. The Morgan fingerprint density at radius 3 is 2.73 bits per heavy atom. The van der Waals surface area contributed by atoms with Crippen molar-refractivity contribution in [3.8, 4) is 0 Å². The average Bonchev–Trinajstić information content (AvgIpc) is 2.88. The molecule has 4 nitrogen and oxygen atoms in total. The van der Waals surface area contributed by atoms with Gasteiger partial charge in [-0.1, -0.05) is 32.1 Å². The van der Waals surface area contributed by atoms with Crippen LogP contribution in [0.25, 0.3) is 0 Å². The lowest BCUT2D eigenvalue weighted by Gasteiger charge is -1.90. The van der Waals surface area contributed by atoms with Gasteiger partial charge < -0.3 is 9.97 Å². The van der Waals surface area contributed by atoms with Crippen LogP contribution in [0.5, 0.6) is 0 Å². The van der Waals surface area contributed by atoms with Crippen molar-refractivity contribution in [3.05, 3.63) is 37.4 Å². The number of aryl methyl sites for hydroxylation is 2. The number of imidazole rings is 2. The van der Waals surface area contributed by atoms with Crippen LogP contribution in [0.2, 0.25) is 0 Å². The Morgan fingerprint density at radius 2 is 2.33 bits per heavy atom.